The fourth-order valence-electron chi connectivity index (χ4n) is 2.97. The van der Waals surface area contributed by atoms with Crippen molar-refractivity contribution in [2.24, 2.45) is 0 Å². The van der Waals surface area contributed by atoms with Gasteiger partial charge in [-0.2, -0.15) is 18.3 Å². The molecule has 1 aromatic heterocycles. The molecule has 1 aromatic carbocycles. The van der Waals surface area contributed by atoms with Crippen LogP contribution in [-0.2, 0) is 13.1 Å². The maximum absolute atomic E-state index is 12.4. The lowest BCUT2D eigenvalue weighted by Gasteiger charge is -2.36. The molecule has 9 heteroatoms. The number of benzene rings is 1. The molecule has 0 spiro atoms. The van der Waals surface area contributed by atoms with Gasteiger partial charge < -0.3 is 5.32 Å². The van der Waals surface area contributed by atoms with Crippen molar-refractivity contribution in [2.75, 3.05) is 19.6 Å². The summed E-state index contributed by atoms with van der Waals surface area (Å²) in [6, 6.07) is 7.81. The van der Waals surface area contributed by atoms with E-state index in [1.54, 1.807) is 0 Å². The van der Waals surface area contributed by atoms with Crippen molar-refractivity contribution in [3.63, 3.8) is 0 Å². The molecule has 0 amide bonds. The van der Waals surface area contributed by atoms with E-state index >= 15 is 0 Å². The van der Waals surface area contributed by atoms with Gasteiger partial charge in [0.2, 0.25) is 0 Å². The molecule has 1 aliphatic heterocycles. The van der Waals surface area contributed by atoms with Crippen molar-refractivity contribution in [1.82, 2.24) is 20.0 Å². The fourth-order valence-corrected chi connectivity index (χ4v) is 3.17. The second kappa shape index (κ2) is 8.40. The zero-order valence-electron chi connectivity index (χ0n) is 13.3. The van der Waals surface area contributed by atoms with Crippen LogP contribution in [0.25, 0.3) is 0 Å². The molecule has 1 N–H and O–H groups in total. The number of hydrogen-bond acceptors (Lipinski definition) is 3. The van der Waals surface area contributed by atoms with Gasteiger partial charge in [0.1, 0.15) is 6.54 Å². The highest BCUT2D eigenvalue weighted by atomic mass is 35.5. The molecule has 0 saturated carbocycles. The summed E-state index contributed by atoms with van der Waals surface area (Å²) in [5.74, 6) is 0. The molecule has 0 aliphatic carbocycles. The van der Waals surface area contributed by atoms with Gasteiger partial charge >= 0.3 is 6.18 Å². The second-order valence-corrected chi connectivity index (χ2v) is 6.34. The Labute approximate surface area is 155 Å². The molecule has 3 rings (SSSR count). The first-order chi connectivity index (χ1) is 11.4. The zero-order chi connectivity index (χ0) is 17.2. The van der Waals surface area contributed by atoms with Crippen LogP contribution in [0.3, 0.4) is 0 Å². The van der Waals surface area contributed by atoms with Crippen LogP contribution >= 0.6 is 24.0 Å². The molecule has 0 bridgehead atoms. The van der Waals surface area contributed by atoms with Gasteiger partial charge in [0.05, 0.1) is 6.20 Å². The molecular weight excluding hydrogens is 376 g/mol. The third-order valence-corrected chi connectivity index (χ3v) is 4.24. The Bertz CT molecular complexity index is 690. The molecule has 1 atom stereocenters. The van der Waals surface area contributed by atoms with Gasteiger partial charge in [-0.15, -0.1) is 12.4 Å². The van der Waals surface area contributed by atoms with Crippen LogP contribution in [0.2, 0.25) is 5.02 Å². The SMILES string of the molecule is Cl.FC(F)(F)Cn1cc(CN2CCNCC2c2cccc(Cl)c2)cn1. The Kier molecular flexibility index (Phi) is 6.73. The number of hydrogen-bond donors (Lipinski definition) is 1. The van der Waals surface area contributed by atoms with E-state index in [0.717, 1.165) is 35.4 Å². The summed E-state index contributed by atoms with van der Waals surface area (Å²) in [7, 11) is 0. The summed E-state index contributed by atoms with van der Waals surface area (Å²) >= 11 is 6.08. The second-order valence-electron chi connectivity index (χ2n) is 5.91. The molecule has 2 aromatic rings. The Morgan fingerprint density at radius 2 is 2.12 bits per heavy atom. The Balaban J connectivity index is 0.00000225. The van der Waals surface area contributed by atoms with Crippen LogP contribution in [0.1, 0.15) is 17.2 Å². The number of alkyl halides is 3. The predicted molar refractivity (Wildman–Crippen MR) is 93.0 cm³/mol. The van der Waals surface area contributed by atoms with E-state index in [9.17, 15) is 13.2 Å². The lowest BCUT2D eigenvalue weighted by Crippen LogP contribution is -2.45. The Morgan fingerprint density at radius 1 is 1.32 bits per heavy atom. The number of nitrogens with one attached hydrogen (secondary N) is 1. The molecule has 1 aliphatic rings. The number of nitrogens with zero attached hydrogens (tertiary/aromatic N) is 3. The van der Waals surface area contributed by atoms with Crippen LogP contribution < -0.4 is 5.32 Å². The monoisotopic (exact) mass is 394 g/mol. The van der Waals surface area contributed by atoms with Crippen molar-refractivity contribution >= 4 is 24.0 Å². The fraction of sp³-hybridized carbons (Fsp3) is 0.438. The van der Waals surface area contributed by atoms with Crippen molar-refractivity contribution in [3.8, 4) is 0 Å². The summed E-state index contributed by atoms with van der Waals surface area (Å²) in [6.45, 7) is 1.91. The highest BCUT2D eigenvalue weighted by molar-refractivity contribution is 6.30. The van der Waals surface area contributed by atoms with Gasteiger partial charge in [0, 0.05) is 49.0 Å². The molecule has 25 heavy (non-hydrogen) atoms. The molecule has 1 unspecified atom stereocenters. The Morgan fingerprint density at radius 3 is 2.84 bits per heavy atom. The lowest BCUT2D eigenvalue weighted by molar-refractivity contribution is -0.142. The average molecular weight is 395 g/mol. The molecular formula is C16H19Cl2F3N4. The van der Waals surface area contributed by atoms with Crippen LogP contribution in [0.5, 0.6) is 0 Å². The van der Waals surface area contributed by atoms with E-state index in [0.29, 0.717) is 11.6 Å². The van der Waals surface area contributed by atoms with E-state index in [2.05, 4.69) is 15.3 Å². The zero-order valence-corrected chi connectivity index (χ0v) is 14.9. The van der Waals surface area contributed by atoms with Crippen LogP contribution in [0.4, 0.5) is 13.2 Å². The van der Waals surface area contributed by atoms with Gasteiger partial charge in [-0.3, -0.25) is 9.58 Å². The lowest BCUT2D eigenvalue weighted by atomic mass is 10.0. The van der Waals surface area contributed by atoms with Crippen LogP contribution in [0, 0.1) is 0 Å². The summed E-state index contributed by atoms with van der Waals surface area (Å²) in [4.78, 5) is 2.23. The third kappa shape index (κ3) is 5.60. The van der Waals surface area contributed by atoms with E-state index in [-0.39, 0.29) is 18.4 Å². The number of piperazine rings is 1. The molecule has 4 nitrogen and oxygen atoms in total. The normalized spacial score (nSPS) is 18.8. The van der Waals surface area contributed by atoms with E-state index in [1.165, 1.54) is 12.4 Å². The molecule has 2 heterocycles. The summed E-state index contributed by atoms with van der Waals surface area (Å²) in [5, 5.41) is 7.84. The van der Waals surface area contributed by atoms with Crippen LogP contribution in [0.15, 0.2) is 36.7 Å². The summed E-state index contributed by atoms with van der Waals surface area (Å²) in [5.41, 5.74) is 1.87. The average Bonchev–Trinajstić information content (AvgIpc) is 2.93. The van der Waals surface area contributed by atoms with Crippen molar-refractivity contribution in [3.05, 3.63) is 52.8 Å². The highest BCUT2D eigenvalue weighted by Crippen LogP contribution is 2.26. The first kappa shape index (κ1) is 20.0. The van der Waals surface area contributed by atoms with Gasteiger partial charge in [-0.25, -0.2) is 0 Å². The van der Waals surface area contributed by atoms with E-state index in [1.807, 2.05) is 24.3 Å². The standard InChI is InChI=1S/C16H18ClF3N4.ClH/c17-14-3-1-2-13(6-14)15-8-21-4-5-23(15)9-12-7-22-24(10-12)11-16(18,19)20;/h1-3,6-7,10,15,21H,4-5,8-9,11H2;1H. The summed E-state index contributed by atoms with van der Waals surface area (Å²) in [6.07, 6.45) is -1.30. The first-order valence-corrected chi connectivity index (χ1v) is 8.07. The highest BCUT2D eigenvalue weighted by Gasteiger charge is 2.29. The molecule has 1 saturated heterocycles. The topological polar surface area (TPSA) is 33.1 Å². The predicted octanol–water partition coefficient (Wildman–Crippen LogP) is 3.67. The van der Waals surface area contributed by atoms with Crippen molar-refractivity contribution in [1.29, 1.82) is 0 Å². The minimum atomic E-state index is -4.26. The largest absolute Gasteiger partial charge is 0.408 e. The minimum Gasteiger partial charge on any atom is -0.314 e. The van der Waals surface area contributed by atoms with Crippen molar-refractivity contribution < 1.29 is 13.2 Å². The molecule has 0 radical (unpaired) electrons. The van der Waals surface area contributed by atoms with Gasteiger partial charge in [-0.1, -0.05) is 23.7 Å². The number of halogens is 5. The van der Waals surface area contributed by atoms with E-state index in [4.69, 9.17) is 11.6 Å². The minimum absolute atomic E-state index is 0. The molecule has 1 fully saturated rings. The quantitative estimate of drug-likeness (QED) is 0.858. The van der Waals surface area contributed by atoms with Gasteiger partial charge in [0.25, 0.3) is 0 Å². The maximum atomic E-state index is 12.4. The molecule has 138 valence electrons. The maximum Gasteiger partial charge on any atom is 0.408 e. The Hall–Kier alpha value is -1.28. The van der Waals surface area contributed by atoms with Gasteiger partial charge in [0.15, 0.2) is 0 Å². The summed E-state index contributed by atoms with van der Waals surface area (Å²) < 4.78 is 38.3. The van der Waals surface area contributed by atoms with Gasteiger partial charge in [-0.05, 0) is 17.7 Å². The third-order valence-electron chi connectivity index (χ3n) is 4.00. The van der Waals surface area contributed by atoms with Crippen molar-refractivity contribution in [2.45, 2.75) is 25.3 Å². The smallest absolute Gasteiger partial charge is 0.314 e. The van der Waals surface area contributed by atoms with Crippen LogP contribution in [-0.4, -0.2) is 40.5 Å². The number of aromatic nitrogens is 2. The first-order valence-electron chi connectivity index (χ1n) is 7.69. The van der Waals surface area contributed by atoms with E-state index < -0.39 is 12.7 Å². The number of rotatable bonds is 4.